The molecule has 4 heterocycles. The summed E-state index contributed by atoms with van der Waals surface area (Å²) in [7, 11) is 4.03. The first-order valence-electron chi connectivity index (χ1n) is 12.0. The van der Waals surface area contributed by atoms with Gasteiger partial charge in [-0.15, -0.1) is 0 Å². The van der Waals surface area contributed by atoms with E-state index in [9.17, 15) is 4.39 Å². The van der Waals surface area contributed by atoms with Crippen LogP contribution in [0.4, 0.5) is 4.39 Å². The van der Waals surface area contributed by atoms with Crippen LogP contribution in [0.5, 0.6) is 5.75 Å². The zero-order chi connectivity index (χ0) is 25.4. The fraction of sp³-hybridized carbons (Fsp3) is 0.138. The molecule has 0 bridgehead atoms. The van der Waals surface area contributed by atoms with Crippen molar-refractivity contribution < 1.29 is 9.13 Å². The van der Waals surface area contributed by atoms with Gasteiger partial charge in [0.25, 0.3) is 0 Å². The molecule has 0 spiro atoms. The summed E-state index contributed by atoms with van der Waals surface area (Å²) < 4.78 is 19.8. The molecular formula is C29H25FN6O. The summed E-state index contributed by atoms with van der Waals surface area (Å²) in [6, 6.07) is 16.8. The number of likely N-dealkylation sites (N-methyl/N-ethyl adjacent to an activating group) is 1. The summed E-state index contributed by atoms with van der Waals surface area (Å²) in [4.78, 5) is 14.3. The molecule has 0 aliphatic heterocycles. The molecule has 6 aromatic rings. The Morgan fingerprint density at radius 1 is 0.838 bits per heavy atom. The second kappa shape index (κ2) is 9.48. The number of H-pyrrole nitrogens is 2. The van der Waals surface area contributed by atoms with Crippen molar-refractivity contribution in [1.29, 1.82) is 0 Å². The molecule has 184 valence electrons. The summed E-state index contributed by atoms with van der Waals surface area (Å²) in [6.45, 7) is 1.42. The van der Waals surface area contributed by atoms with Gasteiger partial charge in [-0.05, 0) is 61.6 Å². The van der Waals surface area contributed by atoms with Gasteiger partial charge in [0.05, 0.1) is 29.1 Å². The molecule has 2 aromatic carbocycles. The van der Waals surface area contributed by atoms with Gasteiger partial charge in [0, 0.05) is 40.8 Å². The minimum atomic E-state index is -0.280. The van der Waals surface area contributed by atoms with Gasteiger partial charge in [-0.25, -0.2) is 4.39 Å². The molecule has 0 radical (unpaired) electrons. The number of pyridine rings is 2. The van der Waals surface area contributed by atoms with E-state index < -0.39 is 0 Å². The van der Waals surface area contributed by atoms with Gasteiger partial charge >= 0.3 is 0 Å². The number of aromatic nitrogens is 5. The van der Waals surface area contributed by atoms with E-state index in [0.717, 1.165) is 67.7 Å². The molecule has 8 heteroatoms. The number of benzene rings is 2. The Kier molecular flexibility index (Phi) is 5.86. The van der Waals surface area contributed by atoms with Crippen molar-refractivity contribution >= 4 is 21.8 Å². The van der Waals surface area contributed by atoms with Crippen LogP contribution in [0.25, 0.3) is 55.4 Å². The Balaban J connectivity index is 1.38. The van der Waals surface area contributed by atoms with E-state index >= 15 is 0 Å². The average Bonchev–Trinajstić information content (AvgIpc) is 3.52. The Bertz CT molecular complexity index is 1720. The Hall–Kier alpha value is -4.56. The van der Waals surface area contributed by atoms with Crippen LogP contribution < -0.4 is 4.74 Å². The van der Waals surface area contributed by atoms with Gasteiger partial charge in [-0.2, -0.15) is 5.10 Å². The monoisotopic (exact) mass is 492 g/mol. The van der Waals surface area contributed by atoms with E-state index in [0.29, 0.717) is 6.61 Å². The van der Waals surface area contributed by atoms with Gasteiger partial charge in [-0.3, -0.25) is 15.1 Å². The summed E-state index contributed by atoms with van der Waals surface area (Å²) in [6.07, 6.45) is 7.10. The molecule has 0 saturated carbocycles. The summed E-state index contributed by atoms with van der Waals surface area (Å²) >= 11 is 0. The van der Waals surface area contributed by atoms with E-state index in [2.05, 4.69) is 36.1 Å². The zero-order valence-corrected chi connectivity index (χ0v) is 20.5. The minimum Gasteiger partial charge on any atom is -0.491 e. The van der Waals surface area contributed by atoms with Crippen LogP contribution in [-0.2, 0) is 0 Å². The molecule has 0 aliphatic carbocycles. The lowest BCUT2D eigenvalue weighted by Crippen LogP contribution is -2.19. The van der Waals surface area contributed by atoms with Crippen LogP contribution in [0.15, 0.2) is 79.4 Å². The van der Waals surface area contributed by atoms with Crippen molar-refractivity contribution in [2.45, 2.75) is 0 Å². The van der Waals surface area contributed by atoms with Crippen molar-refractivity contribution in [3.8, 4) is 39.4 Å². The highest BCUT2D eigenvalue weighted by atomic mass is 19.1. The third-order valence-electron chi connectivity index (χ3n) is 6.35. The van der Waals surface area contributed by atoms with Crippen molar-refractivity contribution in [2.75, 3.05) is 27.2 Å². The molecule has 0 aliphatic rings. The fourth-order valence-corrected chi connectivity index (χ4v) is 4.47. The number of aromatic amines is 2. The molecule has 6 rings (SSSR count). The lowest BCUT2D eigenvalue weighted by Gasteiger charge is -2.11. The largest absolute Gasteiger partial charge is 0.491 e. The highest BCUT2D eigenvalue weighted by Gasteiger charge is 2.15. The number of ether oxygens (including phenoxy) is 1. The predicted molar refractivity (Wildman–Crippen MR) is 144 cm³/mol. The zero-order valence-electron chi connectivity index (χ0n) is 20.5. The number of nitrogens with one attached hydrogen (secondary N) is 2. The van der Waals surface area contributed by atoms with Crippen molar-refractivity contribution in [1.82, 2.24) is 30.0 Å². The number of rotatable bonds is 7. The van der Waals surface area contributed by atoms with Crippen molar-refractivity contribution in [2.24, 2.45) is 0 Å². The highest BCUT2D eigenvalue weighted by molar-refractivity contribution is 6.01. The van der Waals surface area contributed by atoms with Crippen molar-refractivity contribution in [3.05, 3.63) is 85.2 Å². The van der Waals surface area contributed by atoms with E-state index in [1.807, 2.05) is 50.6 Å². The third-order valence-corrected chi connectivity index (χ3v) is 6.35. The molecule has 2 N–H and O–H groups in total. The average molecular weight is 493 g/mol. The SMILES string of the molecule is CN(C)CCOc1cncc(-c2ccc3[nH]nc(-c4cc5c(-c6cccc(F)c6)cncc5[nH]4)c3c2)c1. The topological polar surface area (TPSA) is 82.7 Å². The molecule has 0 amide bonds. The van der Waals surface area contributed by atoms with Crippen LogP contribution in [0, 0.1) is 5.82 Å². The first kappa shape index (κ1) is 22.9. The number of hydrogen-bond acceptors (Lipinski definition) is 5. The maximum atomic E-state index is 13.9. The van der Waals surface area contributed by atoms with Gasteiger partial charge < -0.3 is 14.6 Å². The second-order valence-electron chi connectivity index (χ2n) is 9.24. The molecule has 0 atom stereocenters. The molecule has 7 nitrogen and oxygen atoms in total. The lowest BCUT2D eigenvalue weighted by atomic mass is 10.0. The van der Waals surface area contributed by atoms with E-state index in [4.69, 9.17) is 4.74 Å². The third kappa shape index (κ3) is 4.54. The quantitative estimate of drug-likeness (QED) is 0.289. The minimum absolute atomic E-state index is 0.280. The van der Waals surface area contributed by atoms with Gasteiger partial charge in [-0.1, -0.05) is 18.2 Å². The first-order valence-corrected chi connectivity index (χ1v) is 12.0. The lowest BCUT2D eigenvalue weighted by molar-refractivity contribution is 0.261. The summed E-state index contributed by atoms with van der Waals surface area (Å²) in [5.41, 5.74) is 7.04. The number of hydrogen-bond donors (Lipinski definition) is 2. The number of halogens is 1. The van der Waals surface area contributed by atoms with E-state index in [1.165, 1.54) is 12.1 Å². The summed E-state index contributed by atoms with van der Waals surface area (Å²) in [5, 5.41) is 9.67. The van der Waals surface area contributed by atoms with Crippen LogP contribution in [0.3, 0.4) is 0 Å². The number of fused-ring (bicyclic) bond motifs is 2. The molecule has 37 heavy (non-hydrogen) atoms. The Morgan fingerprint density at radius 3 is 2.59 bits per heavy atom. The highest BCUT2D eigenvalue weighted by Crippen LogP contribution is 2.35. The van der Waals surface area contributed by atoms with Crippen LogP contribution in [-0.4, -0.2) is 57.3 Å². The summed E-state index contributed by atoms with van der Waals surface area (Å²) in [5.74, 6) is 0.456. The Labute approximate surface area is 213 Å². The second-order valence-corrected chi connectivity index (χ2v) is 9.24. The molecule has 0 fully saturated rings. The standard InChI is InChI=1S/C29H25FN6O/c1-36(2)8-9-37-22-11-20(14-31-15-22)18-6-7-26-24(12-18)29(35-34-26)27-13-23-25(16-32-17-28(23)33-27)19-4-3-5-21(30)10-19/h3-7,10-17,33H,8-9H2,1-2H3,(H,34,35). The van der Waals surface area contributed by atoms with Gasteiger partial charge in [0.1, 0.15) is 23.9 Å². The molecule has 0 saturated heterocycles. The normalized spacial score (nSPS) is 11.6. The maximum absolute atomic E-state index is 13.9. The van der Waals surface area contributed by atoms with Crippen LogP contribution >= 0.6 is 0 Å². The van der Waals surface area contributed by atoms with Crippen molar-refractivity contribution in [3.63, 3.8) is 0 Å². The Morgan fingerprint density at radius 2 is 1.73 bits per heavy atom. The van der Waals surface area contributed by atoms with E-state index in [-0.39, 0.29) is 5.82 Å². The molecule has 0 unspecified atom stereocenters. The van der Waals surface area contributed by atoms with E-state index in [1.54, 1.807) is 24.7 Å². The smallest absolute Gasteiger partial charge is 0.138 e. The number of nitrogens with zero attached hydrogens (tertiary/aromatic N) is 4. The van der Waals surface area contributed by atoms with Gasteiger partial charge in [0.2, 0.25) is 0 Å². The molecule has 4 aromatic heterocycles. The van der Waals surface area contributed by atoms with Crippen LogP contribution in [0.2, 0.25) is 0 Å². The molecular weight excluding hydrogens is 467 g/mol. The fourth-order valence-electron chi connectivity index (χ4n) is 4.47. The first-order chi connectivity index (χ1) is 18.0. The maximum Gasteiger partial charge on any atom is 0.138 e. The predicted octanol–water partition coefficient (Wildman–Crippen LogP) is 5.91. The van der Waals surface area contributed by atoms with Crippen LogP contribution in [0.1, 0.15) is 0 Å². The van der Waals surface area contributed by atoms with Gasteiger partial charge in [0.15, 0.2) is 0 Å².